The van der Waals surface area contributed by atoms with E-state index in [1.807, 2.05) is 0 Å². The molecule has 24 heavy (non-hydrogen) atoms. The number of pyridine rings is 1. The van der Waals surface area contributed by atoms with E-state index in [4.69, 9.17) is 11.6 Å². The van der Waals surface area contributed by atoms with Crippen LogP contribution in [0.25, 0.3) is 0 Å². The van der Waals surface area contributed by atoms with Gasteiger partial charge in [0.05, 0.1) is 10.6 Å². The SMILES string of the molecule is CC(C)[C@H](CNc1ncc(C(F)(F)F)cc1Cl)N1CCN(C)CC1. The quantitative estimate of drug-likeness (QED) is 0.867. The molecule has 2 rings (SSSR count). The third kappa shape index (κ3) is 4.97. The molecule has 1 aromatic heterocycles. The summed E-state index contributed by atoms with van der Waals surface area (Å²) in [6, 6.07) is 1.19. The highest BCUT2D eigenvalue weighted by Gasteiger charge is 2.32. The zero-order chi connectivity index (χ0) is 17.9. The lowest BCUT2D eigenvalue weighted by molar-refractivity contribution is -0.137. The van der Waals surface area contributed by atoms with Gasteiger partial charge in [-0.3, -0.25) is 4.90 Å². The molecular formula is C16H24ClF3N4. The topological polar surface area (TPSA) is 31.4 Å². The highest BCUT2D eigenvalue weighted by Crippen LogP contribution is 2.32. The van der Waals surface area contributed by atoms with Crippen molar-refractivity contribution >= 4 is 17.4 Å². The largest absolute Gasteiger partial charge is 0.417 e. The Labute approximate surface area is 146 Å². The first-order chi connectivity index (χ1) is 11.2. The Hall–Kier alpha value is -1.05. The summed E-state index contributed by atoms with van der Waals surface area (Å²) >= 11 is 5.96. The molecule has 1 aliphatic heterocycles. The predicted molar refractivity (Wildman–Crippen MR) is 90.4 cm³/mol. The van der Waals surface area contributed by atoms with Crippen LogP contribution in [0.3, 0.4) is 0 Å². The fourth-order valence-electron chi connectivity index (χ4n) is 2.86. The maximum Gasteiger partial charge on any atom is 0.417 e. The minimum atomic E-state index is -4.44. The summed E-state index contributed by atoms with van der Waals surface area (Å²) in [5.41, 5.74) is -0.836. The van der Waals surface area contributed by atoms with Gasteiger partial charge in [-0.2, -0.15) is 13.2 Å². The van der Waals surface area contributed by atoms with E-state index in [2.05, 4.69) is 41.0 Å². The molecule has 1 N–H and O–H groups in total. The molecule has 1 atom stereocenters. The number of hydrogen-bond donors (Lipinski definition) is 1. The molecule has 1 aliphatic rings. The highest BCUT2D eigenvalue weighted by molar-refractivity contribution is 6.32. The summed E-state index contributed by atoms with van der Waals surface area (Å²) in [6.07, 6.45) is -3.62. The van der Waals surface area contributed by atoms with Crippen LogP contribution in [0.1, 0.15) is 19.4 Å². The van der Waals surface area contributed by atoms with Crippen molar-refractivity contribution in [3.63, 3.8) is 0 Å². The summed E-state index contributed by atoms with van der Waals surface area (Å²) in [5.74, 6) is 0.707. The van der Waals surface area contributed by atoms with E-state index >= 15 is 0 Å². The second kappa shape index (κ2) is 7.89. The molecule has 0 saturated carbocycles. The van der Waals surface area contributed by atoms with Gasteiger partial charge in [0, 0.05) is 45.0 Å². The van der Waals surface area contributed by atoms with Crippen LogP contribution >= 0.6 is 11.6 Å². The Morgan fingerprint density at radius 2 is 1.88 bits per heavy atom. The van der Waals surface area contributed by atoms with Gasteiger partial charge in [-0.05, 0) is 19.0 Å². The number of hydrogen-bond acceptors (Lipinski definition) is 4. The molecule has 2 heterocycles. The van der Waals surface area contributed by atoms with Crippen LogP contribution in [0.2, 0.25) is 5.02 Å². The Kier molecular flexibility index (Phi) is 6.33. The van der Waals surface area contributed by atoms with Crippen LogP contribution in [0.15, 0.2) is 12.3 Å². The monoisotopic (exact) mass is 364 g/mol. The molecule has 8 heteroatoms. The molecule has 1 fully saturated rings. The van der Waals surface area contributed by atoms with E-state index in [0.29, 0.717) is 18.3 Å². The van der Waals surface area contributed by atoms with Crippen LogP contribution in [-0.2, 0) is 6.18 Å². The predicted octanol–water partition coefficient (Wildman–Crippen LogP) is 3.44. The number of halogens is 4. The van der Waals surface area contributed by atoms with Crippen molar-refractivity contribution in [2.45, 2.75) is 26.1 Å². The number of piperazine rings is 1. The van der Waals surface area contributed by atoms with E-state index in [1.165, 1.54) is 0 Å². The first-order valence-electron chi connectivity index (χ1n) is 8.07. The molecule has 0 amide bonds. The molecular weight excluding hydrogens is 341 g/mol. The molecule has 0 aliphatic carbocycles. The average Bonchev–Trinajstić information content (AvgIpc) is 2.49. The maximum absolute atomic E-state index is 12.7. The van der Waals surface area contributed by atoms with Gasteiger partial charge in [-0.1, -0.05) is 25.4 Å². The van der Waals surface area contributed by atoms with Gasteiger partial charge in [-0.15, -0.1) is 0 Å². The first-order valence-corrected chi connectivity index (χ1v) is 8.45. The number of likely N-dealkylation sites (N-methyl/N-ethyl adjacent to an activating group) is 1. The Morgan fingerprint density at radius 1 is 1.25 bits per heavy atom. The zero-order valence-corrected chi connectivity index (χ0v) is 15.0. The number of anilines is 1. The second-order valence-electron chi connectivity index (χ2n) is 6.58. The number of aromatic nitrogens is 1. The molecule has 4 nitrogen and oxygen atoms in total. The third-order valence-corrected chi connectivity index (χ3v) is 4.71. The van der Waals surface area contributed by atoms with Crippen LogP contribution in [0.4, 0.5) is 19.0 Å². The Morgan fingerprint density at radius 3 is 2.38 bits per heavy atom. The van der Waals surface area contributed by atoms with Crippen molar-refractivity contribution in [2.75, 3.05) is 45.1 Å². The molecule has 0 bridgehead atoms. The van der Waals surface area contributed by atoms with Crippen molar-refractivity contribution < 1.29 is 13.2 Å². The van der Waals surface area contributed by atoms with Gasteiger partial charge in [0.25, 0.3) is 0 Å². The lowest BCUT2D eigenvalue weighted by Gasteiger charge is -2.40. The standard InChI is InChI=1S/C16H24ClF3N4/c1-11(2)14(24-6-4-23(3)5-7-24)10-22-15-13(17)8-12(9-21-15)16(18,19)20/h8-9,11,14H,4-7,10H2,1-3H3,(H,21,22)/t14-/m0/s1. The first kappa shape index (κ1) is 19.3. The number of alkyl halides is 3. The fourth-order valence-corrected chi connectivity index (χ4v) is 3.10. The second-order valence-corrected chi connectivity index (χ2v) is 6.99. The van der Waals surface area contributed by atoms with E-state index in [0.717, 1.165) is 38.4 Å². The van der Waals surface area contributed by atoms with Crippen molar-refractivity contribution in [3.8, 4) is 0 Å². The van der Waals surface area contributed by atoms with Crippen molar-refractivity contribution in [2.24, 2.45) is 5.92 Å². The molecule has 0 spiro atoms. The molecule has 0 unspecified atom stereocenters. The summed E-state index contributed by atoms with van der Waals surface area (Å²) in [5, 5.41) is 3.11. The third-order valence-electron chi connectivity index (χ3n) is 4.42. The van der Waals surface area contributed by atoms with E-state index in [1.54, 1.807) is 0 Å². The summed E-state index contributed by atoms with van der Waals surface area (Å²) in [4.78, 5) is 8.54. The molecule has 136 valence electrons. The van der Waals surface area contributed by atoms with Gasteiger partial charge >= 0.3 is 6.18 Å². The summed E-state index contributed by atoms with van der Waals surface area (Å²) < 4.78 is 38.0. The number of nitrogens with one attached hydrogen (secondary N) is 1. The van der Waals surface area contributed by atoms with E-state index in [-0.39, 0.29) is 11.1 Å². The normalized spacial score (nSPS) is 18.8. The molecule has 0 radical (unpaired) electrons. The van der Waals surface area contributed by atoms with Crippen LogP contribution < -0.4 is 5.32 Å². The summed E-state index contributed by atoms with van der Waals surface area (Å²) in [6.45, 7) is 8.88. The molecule has 0 aromatic carbocycles. The van der Waals surface area contributed by atoms with E-state index < -0.39 is 11.7 Å². The van der Waals surface area contributed by atoms with Crippen molar-refractivity contribution in [1.29, 1.82) is 0 Å². The highest BCUT2D eigenvalue weighted by atomic mass is 35.5. The van der Waals surface area contributed by atoms with Crippen molar-refractivity contribution in [1.82, 2.24) is 14.8 Å². The van der Waals surface area contributed by atoms with Crippen LogP contribution in [0.5, 0.6) is 0 Å². The lowest BCUT2D eigenvalue weighted by Crippen LogP contribution is -2.52. The van der Waals surface area contributed by atoms with Crippen LogP contribution in [-0.4, -0.2) is 60.6 Å². The minimum absolute atomic E-state index is 0.00860. The fraction of sp³-hybridized carbons (Fsp3) is 0.688. The minimum Gasteiger partial charge on any atom is -0.367 e. The van der Waals surface area contributed by atoms with Gasteiger partial charge < -0.3 is 10.2 Å². The lowest BCUT2D eigenvalue weighted by atomic mass is 10.0. The average molecular weight is 365 g/mol. The number of nitrogens with zero attached hydrogens (tertiary/aromatic N) is 3. The van der Waals surface area contributed by atoms with Gasteiger partial charge in [0.2, 0.25) is 0 Å². The Balaban J connectivity index is 2.02. The molecule has 1 aromatic rings. The van der Waals surface area contributed by atoms with Crippen LogP contribution in [0, 0.1) is 5.92 Å². The Bertz CT molecular complexity index is 543. The van der Waals surface area contributed by atoms with Gasteiger partial charge in [0.1, 0.15) is 5.82 Å². The summed E-state index contributed by atoms with van der Waals surface area (Å²) in [7, 11) is 2.10. The van der Waals surface area contributed by atoms with Gasteiger partial charge in [-0.25, -0.2) is 4.98 Å². The van der Waals surface area contributed by atoms with Gasteiger partial charge in [0.15, 0.2) is 0 Å². The maximum atomic E-state index is 12.7. The zero-order valence-electron chi connectivity index (χ0n) is 14.2. The smallest absolute Gasteiger partial charge is 0.367 e. The number of rotatable bonds is 5. The van der Waals surface area contributed by atoms with Crippen molar-refractivity contribution in [3.05, 3.63) is 22.8 Å². The van der Waals surface area contributed by atoms with E-state index in [9.17, 15) is 13.2 Å². The molecule has 1 saturated heterocycles.